The highest BCUT2D eigenvalue weighted by atomic mass is 19.1. The lowest BCUT2D eigenvalue weighted by molar-refractivity contribution is 0.322. The number of anilines is 2. The monoisotopic (exact) mass is 292 g/mol. The number of nitrogen functional groups attached to an aromatic ring is 1. The second-order valence-corrected chi connectivity index (χ2v) is 5.04. The van der Waals surface area contributed by atoms with Crippen molar-refractivity contribution in [3.63, 3.8) is 0 Å². The van der Waals surface area contributed by atoms with Crippen LogP contribution in [0.15, 0.2) is 22.6 Å². The summed E-state index contributed by atoms with van der Waals surface area (Å²) in [5.74, 6) is 1.46. The summed E-state index contributed by atoms with van der Waals surface area (Å²) in [5.41, 5.74) is 7.92. The summed E-state index contributed by atoms with van der Waals surface area (Å²) in [5, 5.41) is 3.27. The predicted octanol–water partition coefficient (Wildman–Crippen LogP) is 4.19. The van der Waals surface area contributed by atoms with Crippen molar-refractivity contribution >= 4 is 11.4 Å². The molecule has 4 nitrogen and oxygen atoms in total. The van der Waals surface area contributed by atoms with E-state index in [0.717, 1.165) is 17.1 Å². The average Bonchev–Trinajstić information content (AvgIpc) is 2.74. The van der Waals surface area contributed by atoms with Crippen molar-refractivity contribution < 1.29 is 13.5 Å². The third-order valence-electron chi connectivity index (χ3n) is 3.32. The Morgan fingerprint density at radius 3 is 2.62 bits per heavy atom. The summed E-state index contributed by atoms with van der Waals surface area (Å²) < 4.78 is 24.5. The molecular formula is C16H21FN2O2. The molecule has 1 aromatic heterocycles. The molecule has 0 radical (unpaired) electrons. The van der Waals surface area contributed by atoms with Crippen LogP contribution in [-0.2, 0) is 0 Å². The summed E-state index contributed by atoms with van der Waals surface area (Å²) >= 11 is 0. The fourth-order valence-corrected chi connectivity index (χ4v) is 2.35. The first-order valence-corrected chi connectivity index (χ1v) is 6.97. The first-order valence-electron chi connectivity index (χ1n) is 6.97. The molecule has 114 valence electrons. The van der Waals surface area contributed by atoms with Crippen molar-refractivity contribution in [1.29, 1.82) is 0 Å². The molecule has 21 heavy (non-hydrogen) atoms. The Morgan fingerprint density at radius 1 is 1.33 bits per heavy atom. The van der Waals surface area contributed by atoms with Gasteiger partial charge >= 0.3 is 0 Å². The molecule has 0 saturated heterocycles. The minimum absolute atomic E-state index is 0.00955. The number of furan rings is 1. The molecule has 0 saturated carbocycles. The highest BCUT2D eigenvalue weighted by Gasteiger charge is 2.15. The van der Waals surface area contributed by atoms with E-state index in [-0.39, 0.29) is 11.8 Å². The molecule has 0 spiro atoms. The van der Waals surface area contributed by atoms with Crippen LogP contribution in [0.2, 0.25) is 0 Å². The highest BCUT2D eigenvalue weighted by Crippen LogP contribution is 2.32. The van der Waals surface area contributed by atoms with Crippen LogP contribution in [0, 0.1) is 19.7 Å². The molecule has 0 amide bonds. The summed E-state index contributed by atoms with van der Waals surface area (Å²) in [6.45, 7) is 8.03. The molecule has 1 heterocycles. The average molecular weight is 292 g/mol. The van der Waals surface area contributed by atoms with Crippen LogP contribution in [0.5, 0.6) is 5.75 Å². The third-order valence-corrected chi connectivity index (χ3v) is 3.32. The van der Waals surface area contributed by atoms with E-state index in [0.29, 0.717) is 18.0 Å². The van der Waals surface area contributed by atoms with Crippen molar-refractivity contribution in [3.05, 3.63) is 41.1 Å². The molecule has 0 fully saturated rings. The Balaban J connectivity index is 2.26. The van der Waals surface area contributed by atoms with E-state index in [9.17, 15) is 4.39 Å². The summed E-state index contributed by atoms with van der Waals surface area (Å²) in [4.78, 5) is 0. The van der Waals surface area contributed by atoms with Crippen molar-refractivity contribution in [3.8, 4) is 5.75 Å². The summed E-state index contributed by atoms with van der Waals surface area (Å²) in [6, 6.07) is 4.83. The lowest BCUT2D eigenvalue weighted by Crippen LogP contribution is -2.09. The molecule has 2 rings (SSSR count). The smallest absolute Gasteiger partial charge is 0.167 e. The Hall–Kier alpha value is -2.17. The molecule has 1 aromatic carbocycles. The van der Waals surface area contributed by atoms with Crippen LogP contribution in [0.3, 0.4) is 0 Å². The van der Waals surface area contributed by atoms with Crippen LogP contribution >= 0.6 is 0 Å². The fourth-order valence-electron chi connectivity index (χ4n) is 2.35. The van der Waals surface area contributed by atoms with Gasteiger partial charge in [0.25, 0.3) is 0 Å². The zero-order valence-corrected chi connectivity index (χ0v) is 12.8. The van der Waals surface area contributed by atoms with Crippen molar-refractivity contribution in [2.45, 2.75) is 33.7 Å². The van der Waals surface area contributed by atoms with Gasteiger partial charge in [-0.1, -0.05) is 0 Å². The maximum Gasteiger partial charge on any atom is 0.167 e. The summed E-state index contributed by atoms with van der Waals surface area (Å²) in [7, 11) is 0. The van der Waals surface area contributed by atoms with Crippen molar-refractivity contribution in [2.75, 3.05) is 17.7 Å². The highest BCUT2D eigenvalue weighted by molar-refractivity contribution is 5.69. The maximum absolute atomic E-state index is 13.7. The van der Waals surface area contributed by atoms with Gasteiger partial charge in [-0.15, -0.1) is 0 Å². The maximum atomic E-state index is 13.7. The van der Waals surface area contributed by atoms with Crippen LogP contribution in [0.1, 0.15) is 37.0 Å². The van der Waals surface area contributed by atoms with Gasteiger partial charge in [-0.2, -0.15) is 0 Å². The lowest BCUT2D eigenvalue weighted by atomic mass is 10.1. The van der Waals surface area contributed by atoms with Gasteiger partial charge in [0.2, 0.25) is 0 Å². The topological polar surface area (TPSA) is 60.4 Å². The van der Waals surface area contributed by atoms with E-state index >= 15 is 0 Å². The molecule has 0 bridgehead atoms. The fraction of sp³-hybridized carbons (Fsp3) is 0.375. The van der Waals surface area contributed by atoms with E-state index in [1.807, 2.05) is 33.8 Å². The van der Waals surface area contributed by atoms with Gasteiger partial charge in [0.05, 0.1) is 24.0 Å². The minimum atomic E-state index is -0.456. The Labute approximate surface area is 124 Å². The van der Waals surface area contributed by atoms with E-state index < -0.39 is 5.82 Å². The first-order chi connectivity index (χ1) is 9.92. The molecular weight excluding hydrogens is 271 g/mol. The van der Waals surface area contributed by atoms with E-state index in [4.69, 9.17) is 14.9 Å². The zero-order chi connectivity index (χ0) is 15.6. The Bertz CT molecular complexity index is 637. The third kappa shape index (κ3) is 3.29. The molecule has 0 aliphatic carbocycles. The van der Waals surface area contributed by atoms with E-state index in [1.54, 1.807) is 6.07 Å². The van der Waals surface area contributed by atoms with Crippen LogP contribution in [0.25, 0.3) is 0 Å². The number of aryl methyl sites for hydroxylation is 2. The number of rotatable bonds is 5. The van der Waals surface area contributed by atoms with Gasteiger partial charge in [0.15, 0.2) is 11.6 Å². The SMILES string of the molecule is CCOc1cc(NC(C)c2cc(C)oc2C)c(N)cc1F. The predicted molar refractivity (Wildman–Crippen MR) is 82.2 cm³/mol. The van der Waals surface area contributed by atoms with Crippen molar-refractivity contribution in [2.24, 2.45) is 0 Å². The van der Waals surface area contributed by atoms with Gasteiger partial charge in [-0.3, -0.25) is 0 Å². The van der Waals surface area contributed by atoms with Gasteiger partial charge in [0, 0.05) is 17.7 Å². The molecule has 2 aromatic rings. The number of ether oxygens (including phenoxy) is 1. The van der Waals surface area contributed by atoms with Crippen molar-refractivity contribution in [1.82, 2.24) is 0 Å². The van der Waals surface area contributed by atoms with Gasteiger partial charge in [-0.05, 0) is 33.8 Å². The molecule has 0 aliphatic heterocycles. The number of nitrogens with two attached hydrogens (primary N) is 1. The van der Waals surface area contributed by atoms with Crippen LogP contribution in [-0.4, -0.2) is 6.61 Å². The largest absolute Gasteiger partial charge is 0.491 e. The standard InChI is InChI=1S/C16H21FN2O2/c1-5-20-16-8-15(14(18)7-13(16)17)19-10(3)12-6-9(2)21-11(12)4/h6-8,10,19H,5,18H2,1-4H3. The molecule has 1 unspecified atom stereocenters. The number of hydrogen-bond acceptors (Lipinski definition) is 4. The number of halogens is 1. The molecule has 5 heteroatoms. The van der Waals surface area contributed by atoms with Crippen LogP contribution in [0.4, 0.5) is 15.8 Å². The normalized spacial score (nSPS) is 12.2. The minimum Gasteiger partial charge on any atom is -0.491 e. The lowest BCUT2D eigenvalue weighted by Gasteiger charge is -2.17. The quantitative estimate of drug-likeness (QED) is 0.811. The number of nitrogens with one attached hydrogen (secondary N) is 1. The Morgan fingerprint density at radius 2 is 2.05 bits per heavy atom. The molecule has 0 aliphatic rings. The number of hydrogen-bond donors (Lipinski definition) is 2. The Kier molecular flexibility index (Phi) is 4.40. The van der Waals surface area contributed by atoms with Gasteiger partial charge in [-0.25, -0.2) is 4.39 Å². The summed E-state index contributed by atoms with van der Waals surface area (Å²) in [6.07, 6.45) is 0. The van der Waals surface area contributed by atoms with E-state index in [1.165, 1.54) is 6.07 Å². The second kappa shape index (κ2) is 6.08. The van der Waals surface area contributed by atoms with Crippen LogP contribution < -0.4 is 15.8 Å². The molecule has 3 N–H and O–H groups in total. The zero-order valence-electron chi connectivity index (χ0n) is 12.8. The molecule has 1 atom stereocenters. The van der Waals surface area contributed by atoms with Gasteiger partial charge in [0.1, 0.15) is 11.5 Å². The first kappa shape index (κ1) is 15.2. The number of benzene rings is 1. The van der Waals surface area contributed by atoms with E-state index in [2.05, 4.69) is 5.32 Å². The second-order valence-electron chi connectivity index (χ2n) is 5.04. The van der Waals surface area contributed by atoms with Gasteiger partial charge < -0.3 is 20.2 Å².